The maximum atomic E-state index is 13.1. The smallest absolute Gasteiger partial charge is 0.325 e. The van der Waals surface area contributed by atoms with E-state index in [1.165, 1.54) is 4.90 Å². The molecule has 1 saturated heterocycles. The van der Waals surface area contributed by atoms with Crippen LogP contribution in [0, 0.1) is 13.8 Å². The van der Waals surface area contributed by atoms with Crippen molar-refractivity contribution in [1.82, 2.24) is 15.4 Å². The van der Waals surface area contributed by atoms with Gasteiger partial charge < -0.3 is 9.84 Å². The molecule has 2 aromatic rings. The van der Waals surface area contributed by atoms with Gasteiger partial charge >= 0.3 is 6.03 Å². The minimum atomic E-state index is -1.07. The van der Waals surface area contributed by atoms with Gasteiger partial charge in [0.25, 0.3) is 5.91 Å². The summed E-state index contributed by atoms with van der Waals surface area (Å²) in [7, 11) is 0. The number of carbonyl (C=O) groups is 2. The van der Waals surface area contributed by atoms with Crippen LogP contribution in [0.4, 0.5) is 4.79 Å². The van der Waals surface area contributed by atoms with Crippen LogP contribution in [0.5, 0.6) is 0 Å². The zero-order chi connectivity index (χ0) is 17.5. The Kier molecular flexibility index (Phi) is 4.09. The number of aromatic nitrogens is 1. The molecule has 0 radical (unpaired) electrons. The van der Waals surface area contributed by atoms with Gasteiger partial charge in [-0.2, -0.15) is 0 Å². The Balaban J connectivity index is 1.96. The van der Waals surface area contributed by atoms with Crippen LogP contribution in [0.15, 0.2) is 28.8 Å². The summed E-state index contributed by atoms with van der Waals surface area (Å²) in [5.74, 6) is 0.325. The molecule has 1 fully saturated rings. The van der Waals surface area contributed by atoms with Crippen LogP contribution in [0.2, 0.25) is 5.02 Å². The van der Waals surface area contributed by atoms with Crippen molar-refractivity contribution >= 4 is 23.5 Å². The van der Waals surface area contributed by atoms with Gasteiger partial charge in [0.2, 0.25) is 0 Å². The lowest BCUT2D eigenvalue weighted by atomic mass is 9.87. The van der Waals surface area contributed by atoms with Crippen molar-refractivity contribution in [2.45, 2.75) is 39.3 Å². The third-order valence-corrected chi connectivity index (χ3v) is 4.79. The normalized spacial score (nSPS) is 20.6. The molecule has 3 amide bonds. The number of rotatable bonds is 4. The largest absolute Gasteiger partial charge is 0.361 e. The van der Waals surface area contributed by atoms with Crippen molar-refractivity contribution in [3.63, 3.8) is 0 Å². The Morgan fingerprint density at radius 1 is 1.25 bits per heavy atom. The van der Waals surface area contributed by atoms with Crippen molar-refractivity contribution in [1.29, 1.82) is 0 Å². The summed E-state index contributed by atoms with van der Waals surface area (Å²) in [5.41, 5.74) is 1.07. The molecule has 2 heterocycles. The highest BCUT2D eigenvalue weighted by Gasteiger charge is 2.51. The highest BCUT2D eigenvalue weighted by atomic mass is 35.5. The summed E-state index contributed by atoms with van der Waals surface area (Å²) in [6, 6.07) is 6.54. The van der Waals surface area contributed by atoms with Crippen LogP contribution in [0.1, 0.15) is 35.9 Å². The van der Waals surface area contributed by atoms with Gasteiger partial charge in [-0.15, -0.1) is 0 Å². The molecule has 0 aliphatic carbocycles. The van der Waals surface area contributed by atoms with Crippen molar-refractivity contribution < 1.29 is 14.1 Å². The summed E-state index contributed by atoms with van der Waals surface area (Å²) in [4.78, 5) is 26.7. The van der Waals surface area contributed by atoms with Crippen LogP contribution in [0.3, 0.4) is 0 Å². The fourth-order valence-corrected chi connectivity index (χ4v) is 3.16. The van der Waals surface area contributed by atoms with E-state index >= 15 is 0 Å². The predicted octanol–water partition coefficient (Wildman–Crippen LogP) is 3.30. The Morgan fingerprint density at radius 3 is 2.46 bits per heavy atom. The van der Waals surface area contributed by atoms with Gasteiger partial charge in [-0.1, -0.05) is 35.8 Å². The Morgan fingerprint density at radius 2 is 1.92 bits per heavy atom. The van der Waals surface area contributed by atoms with E-state index in [2.05, 4.69) is 10.5 Å². The van der Waals surface area contributed by atoms with Gasteiger partial charge in [0.1, 0.15) is 11.3 Å². The maximum absolute atomic E-state index is 13.1. The van der Waals surface area contributed by atoms with E-state index in [9.17, 15) is 9.59 Å². The van der Waals surface area contributed by atoms with Crippen molar-refractivity contribution in [2.24, 2.45) is 0 Å². The number of imide groups is 1. The summed E-state index contributed by atoms with van der Waals surface area (Å²) in [6.07, 6.45) is 0.442. The second kappa shape index (κ2) is 5.94. The quantitative estimate of drug-likeness (QED) is 0.861. The summed E-state index contributed by atoms with van der Waals surface area (Å²) >= 11 is 5.93. The van der Waals surface area contributed by atoms with Gasteiger partial charge in [0, 0.05) is 10.6 Å². The van der Waals surface area contributed by atoms with Crippen LogP contribution >= 0.6 is 11.6 Å². The third kappa shape index (κ3) is 2.47. The van der Waals surface area contributed by atoms with E-state index in [0.717, 1.165) is 5.56 Å². The number of urea groups is 1. The summed E-state index contributed by atoms with van der Waals surface area (Å²) < 4.78 is 5.12. The van der Waals surface area contributed by atoms with Gasteiger partial charge in [0.15, 0.2) is 0 Å². The molecule has 1 N–H and O–H groups in total. The molecule has 6 nitrogen and oxygen atoms in total. The topological polar surface area (TPSA) is 75.4 Å². The first-order valence-corrected chi connectivity index (χ1v) is 8.08. The van der Waals surface area contributed by atoms with E-state index in [-0.39, 0.29) is 12.5 Å². The zero-order valence-corrected chi connectivity index (χ0v) is 14.5. The van der Waals surface area contributed by atoms with Crippen molar-refractivity contribution in [2.75, 3.05) is 0 Å². The van der Waals surface area contributed by atoms with Gasteiger partial charge in [-0.05, 0) is 38.0 Å². The molecule has 0 spiro atoms. The van der Waals surface area contributed by atoms with E-state index in [4.69, 9.17) is 16.1 Å². The summed E-state index contributed by atoms with van der Waals surface area (Å²) in [6.45, 7) is 5.56. The number of halogens is 1. The number of hydrogen-bond donors (Lipinski definition) is 1. The van der Waals surface area contributed by atoms with E-state index < -0.39 is 11.6 Å². The monoisotopic (exact) mass is 347 g/mol. The molecule has 0 bridgehead atoms. The number of nitrogens with one attached hydrogen (secondary N) is 1. The number of carbonyl (C=O) groups excluding carboxylic acids is 2. The highest BCUT2D eigenvalue weighted by Crippen LogP contribution is 2.34. The number of benzene rings is 1. The Bertz CT molecular complexity index is 780. The first kappa shape index (κ1) is 16.5. The number of aryl methyl sites for hydroxylation is 2. The van der Waals surface area contributed by atoms with E-state index in [1.54, 1.807) is 38.1 Å². The standard InChI is InChI=1S/C17H18ClN3O3/c1-4-17(12-5-7-13(18)8-6-12)15(22)21(16(23)19-17)9-14-10(2)20-24-11(14)3/h5-8H,4,9H2,1-3H3,(H,19,23). The van der Waals surface area contributed by atoms with Crippen LogP contribution in [-0.2, 0) is 16.9 Å². The van der Waals surface area contributed by atoms with Crippen molar-refractivity contribution in [3.8, 4) is 0 Å². The van der Waals surface area contributed by atoms with Gasteiger partial charge in [0.05, 0.1) is 12.2 Å². The molecule has 7 heteroatoms. The molecular formula is C17H18ClN3O3. The Labute approximate surface area is 144 Å². The minimum absolute atomic E-state index is 0.140. The first-order chi connectivity index (χ1) is 11.4. The fraction of sp³-hybridized carbons (Fsp3) is 0.353. The molecule has 1 aromatic carbocycles. The molecule has 3 rings (SSSR count). The molecule has 0 saturated carbocycles. The molecule has 24 heavy (non-hydrogen) atoms. The molecule has 1 aliphatic heterocycles. The fourth-order valence-electron chi connectivity index (χ4n) is 3.03. The molecule has 1 aromatic heterocycles. The maximum Gasteiger partial charge on any atom is 0.325 e. The molecule has 126 valence electrons. The second-order valence-electron chi connectivity index (χ2n) is 5.89. The lowest BCUT2D eigenvalue weighted by Gasteiger charge is -2.25. The molecule has 1 atom stereocenters. The molecule has 1 aliphatic rings. The van der Waals surface area contributed by atoms with E-state index in [0.29, 0.717) is 28.5 Å². The predicted molar refractivity (Wildman–Crippen MR) is 88.5 cm³/mol. The average Bonchev–Trinajstić information content (AvgIpc) is 3.01. The van der Waals surface area contributed by atoms with Gasteiger partial charge in [-0.3, -0.25) is 9.69 Å². The molecule has 1 unspecified atom stereocenters. The zero-order valence-electron chi connectivity index (χ0n) is 13.7. The second-order valence-corrected chi connectivity index (χ2v) is 6.33. The third-order valence-electron chi connectivity index (χ3n) is 4.54. The number of hydrogen-bond acceptors (Lipinski definition) is 4. The van der Waals surface area contributed by atoms with Crippen molar-refractivity contribution in [3.05, 3.63) is 51.9 Å². The number of amides is 3. The lowest BCUT2D eigenvalue weighted by Crippen LogP contribution is -2.43. The minimum Gasteiger partial charge on any atom is -0.361 e. The highest BCUT2D eigenvalue weighted by molar-refractivity contribution is 6.30. The molecular weight excluding hydrogens is 330 g/mol. The first-order valence-electron chi connectivity index (χ1n) is 7.71. The average molecular weight is 348 g/mol. The van der Waals surface area contributed by atoms with Crippen LogP contribution in [0.25, 0.3) is 0 Å². The SMILES string of the molecule is CCC1(c2ccc(Cl)cc2)NC(=O)N(Cc2c(C)noc2C)C1=O. The van der Waals surface area contributed by atoms with Gasteiger partial charge in [-0.25, -0.2) is 4.79 Å². The Hall–Kier alpha value is -2.34. The number of nitrogens with zero attached hydrogens (tertiary/aromatic N) is 2. The van der Waals surface area contributed by atoms with Crippen LogP contribution in [-0.4, -0.2) is 22.0 Å². The van der Waals surface area contributed by atoms with Crippen LogP contribution < -0.4 is 5.32 Å². The van der Waals surface area contributed by atoms with E-state index in [1.807, 2.05) is 6.92 Å². The summed E-state index contributed by atoms with van der Waals surface area (Å²) in [5, 5.41) is 7.30. The lowest BCUT2D eigenvalue weighted by molar-refractivity contribution is -0.132.